The Morgan fingerprint density at radius 2 is 1.79 bits per heavy atom. The second-order valence-corrected chi connectivity index (χ2v) is 6.08. The molecule has 0 aliphatic rings. The Morgan fingerprint density at radius 3 is 2.21 bits per heavy atom. The Balaban J connectivity index is 2.64. The van der Waals surface area contributed by atoms with Crippen LogP contribution < -0.4 is 11.1 Å². The second-order valence-electron chi connectivity index (χ2n) is 6.08. The average Bonchev–Trinajstić information content (AvgIpc) is 2.35. The van der Waals surface area contributed by atoms with E-state index < -0.39 is 0 Å². The number of aromatic nitrogens is 1. The van der Waals surface area contributed by atoms with Gasteiger partial charge in [-0.25, -0.2) is 0 Å². The highest BCUT2D eigenvalue weighted by Gasteiger charge is 2.19. The fourth-order valence-corrected chi connectivity index (χ4v) is 2.54. The number of nitrogens with one attached hydrogen (secondary N) is 1. The molecule has 3 nitrogen and oxygen atoms in total. The van der Waals surface area contributed by atoms with E-state index in [0.29, 0.717) is 24.3 Å². The van der Waals surface area contributed by atoms with Gasteiger partial charge in [0.1, 0.15) is 0 Å². The standard InChI is InChI=1S/C16H29N3/c1-11(2)15(12(3)4)10-19-16(8-17)14-7-6-13(5)18-9-14/h6-7,9,11-12,15-16,19H,8,10,17H2,1-5H3. The van der Waals surface area contributed by atoms with Gasteiger partial charge in [0.25, 0.3) is 0 Å². The summed E-state index contributed by atoms with van der Waals surface area (Å²) in [6.45, 7) is 12.8. The Bertz CT molecular complexity index is 349. The molecule has 0 aromatic carbocycles. The van der Waals surface area contributed by atoms with Crippen molar-refractivity contribution in [2.45, 2.75) is 40.7 Å². The van der Waals surface area contributed by atoms with Gasteiger partial charge in [0.05, 0.1) is 0 Å². The monoisotopic (exact) mass is 263 g/mol. The van der Waals surface area contributed by atoms with Crippen molar-refractivity contribution >= 4 is 0 Å². The van der Waals surface area contributed by atoms with Crippen molar-refractivity contribution in [1.82, 2.24) is 10.3 Å². The summed E-state index contributed by atoms with van der Waals surface area (Å²) in [6.07, 6.45) is 1.93. The second kappa shape index (κ2) is 7.61. The highest BCUT2D eigenvalue weighted by molar-refractivity contribution is 5.17. The number of rotatable bonds is 7. The van der Waals surface area contributed by atoms with Crippen molar-refractivity contribution in [3.8, 4) is 0 Å². The SMILES string of the molecule is Cc1ccc(C(CN)NCC(C(C)C)C(C)C)cn1. The van der Waals surface area contributed by atoms with E-state index in [2.05, 4.69) is 44.1 Å². The topological polar surface area (TPSA) is 50.9 Å². The predicted molar refractivity (Wildman–Crippen MR) is 81.9 cm³/mol. The summed E-state index contributed by atoms with van der Waals surface area (Å²) in [5.74, 6) is 2.04. The Hall–Kier alpha value is -0.930. The molecule has 0 aliphatic heterocycles. The summed E-state index contributed by atoms with van der Waals surface area (Å²) in [5, 5.41) is 3.60. The van der Waals surface area contributed by atoms with E-state index >= 15 is 0 Å². The van der Waals surface area contributed by atoms with E-state index in [1.807, 2.05) is 19.2 Å². The van der Waals surface area contributed by atoms with E-state index in [1.54, 1.807) is 0 Å². The zero-order valence-corrected chi connectivity index (χ0v) is 13.0. The average molecular weight is 263 g/mol. The van der Waals surface area contributed by atoms with E-state index in [-0.39, 0.29) is 6.04 Å². The molecule has 0 saturated carbocycles. The van der Waals surface area contributed by atoms with Gasteiger partial charge < -0.3 is 11.1 Å². The molecule has 19 heavy (non-hydrogen) atoms. The Kier molecular flexibility index (Phi) is 6.46. The van der Waals surface area contributed by atoms with Crippen LogP contribution in [0.3, 0.4) is 0 Å². The summed E-state index contributed by atoms with van der Waals surface area (Å²) in [4.78, 5) is 4.35. The lowest BCUT2D eigenvalue weighted by Crippen LogP contribution is -2.35. The molecule has 1 aromatic rings. The molecule has 3 heteroatoms. The molecular weight excluding hydrogens is 234 g/mol. The first kappa shape index (κ1) is 16.1. The van der Waals surface area contributed by atoms with Crippen molar-refractivity contribution in [1.29, 1.82) is 0 Å². The molecule has 1 rings (SSSR count). The molecule has 1 atom stereocenters. The van der Waals surface area contributed by atoms with Gasteiger partial charge in [-0.3, -0.25) is 4.98 Å². The van der Waals surface area contributed by atoms with Gasteiger partial charge in [-0.05, 0) is 42.9 Å². The first-order valence-electron chi connectivity index (χ1n) is 7.31. The first-order chi connectivity index (χ1) is 8.95. The third-order valence-electron chi connectivity index (χ3n) is 3.88. The quantitative estimate of drug-likeness (QED) is 0.795. The van der Waals surface area contributed by atoms with Gasteiger partial charge in [0.2, 0.25) is 0 Å². The van der Waals surface area contributed by atoms with Crippen molar-refractivity contribution in [2.24, 2.45) is 23.5 Å². The molecule has 0 amide bonds. The van der Waals surface area contributed by atoms with E-state index in [0.717, 1.165) is 12.2 Å². The number of aryl methyl sites for hydroxylation is 1. The van der Waals surface area contributed by atoms with Crippen molar-refractivity contribution in [3.63, 3.8) is 0 Å². The van der Waals surface area contributed by atoms with Crippen molar-refractivity contribution in [2.75, 3.05) is 13.1 Å². The van der Waals surface area contributed by atoms with Crippen molar-refractivity contribution in [3.05, 3.63) is 29.6 Å². The van der Waals surface area contributed by atoms with Crippen LogP contribution in [0, 0.1) is 24.7 Å². The lowest BCUT2D eigenvalue weighted by atomic mass is 9.85. The molecule has 3 N–H and O–H groups in total. The fraction of sp³-hybridized carbons (Fsp3) is 0.688. The maximum atomic E-state index is 5.89. The molecule has 108 valence electrons. The molecule has 1 heterocycles. The lowest BCUT2D eigenvalue weighted by Gasteiger charge is -2.28. The number of hydrogen-bond donors (Lipinski definition) is 2. The van der Waals surface area contributed by atoms with Gasteiger partial charge in [0, 0.05) is 24.5 Å². The minimum atomic E-state index is 0.202. The van der Waals surface area contributed by atoms with Gasteiger partial charge >= 0.3 is 0 Å². The van der Waals surface area contributed by atoms with Crippen molar-refractivity contribution < 1.29 is 0 Å². The van der Waals surface area contributed by atoms with Crippen LogP contribution in [0.25, 0.3) is 0 Å². The number of hydrogen-bond acceptors (Lipinski definition) is 3. The van der Waals surface area contributed by atoms with Crippen LogP contribution >= 0.6 is 0 Å². The molecule has 0 saturated heterocycles. The molecule has 0 bridgehead atoms. The van der Waals surface area contributed by atoms with Crippen LogP contribution in [0.15, 0.2) is 18.3 Å². The minimum absolute atomic E-state index is 0.202. The number of nitrogens with zero attached hydrogens (tertiary/aromatic N) is 1. The molecule has 0 fully saturated rings. The van der Waals surface area contributed by atoms with Crippen LogP contribution in [0.5, 0.6) is 0 Å². The van der Waals surface area contributed by atoms with Gasteiger partial charge in [-0.1, -0.05) is 33.8 Å². The zero-order chi connectivity index (χ0) is 14.4. The van der Waals surface area contributed by atoms with Crippen LogP contribution in [0.1, 0.15) is 45.0 Å². The normalized spacial score (nSPS) is 13.5. The molecule has 1 unspecified atom stereocenters. The predicted octanol–water partition coefficient (Wildman–Crippen LogP) is 2.91. The summed E-state index contributed by atoms with van der Waals surface area (Å²) < 4.78 is 0. The molecule has 1 aromatic heterocycles. The van der Waals surface area contributed by atoms with Gasteiger partial charge in [0.15, 0.2) is 0 Å². The maximum absolute atomic E-state index is 5.89. The molecule has 0 radical (unpaired) electrons. The summed E-state index contributed by atoms with van der Waals surface area (Å²) >= 11 is 0. The summed E-state index contributed by atoms with van der Waals surface area (Å²) in [6, 6.07) is 4.36. The van der Waals surface area contributed by atoms with E-state index in [9.17, 15) is 0 Å². The van der Waals surface area contributed by atoms with Crippen LogP contribution in [0.2, 0.25) is 0 Å². The smallest absolute Gasteiger partial charge is 0.0459 e. The number of nitrogens with two attached hydrogens (primary N) is 1. The van der Waals surface area contributed by atoms with Crippen LogP contribution in [0.4, 0.5) is 0 Å². The first-order valence-corrected chi connectivity index (χ1v) is 7.31. The highest BCUT2D eigenvalue weighted by Crippen LogP contribution is 2.21. The minimum Gasteiger partial charge on any atom is -0.329 e. The number of pyridine rings is 1. The maximum Gasteiger partial charge on any atom is 0.0459 e. The van der Waals surface area contributed by atoms with Gasteiger partial charge in [-0.15, -0.1) is 0 Å². The Labute approximate surface area is 118 Å². The van der Waals surface area contributed by atoms with E-state index in [1.165, 1.54) is 5.56 Å². The van der Waals surface area contributed by atoms with Crippen LogP contribution in [-0.4, -0.2) is 18.1 Å². The molecule has 0 spiro atoms. The summed E-state index contributed by atoms with van der Waals surface area (Å²) in [7, 11) is 0. The highest BCUT2D eigenvalue weighted by atomic mass is 14.9. The lowest BCUT2D eigenvalue weighted by molar-refractivity contribution is 0.266. The largest absolute Gasteiger partial charge is 0.329 e. The van der Waals surface area contributed by atoms with Crippen LogP contribution in [-0.2, 0) is 0 Å². The molecular formula is C16H29N3. The Morgan fingerprint density at radius 1 is 1.16 bits per heavy atom. The van der Waals surface area contributed by atoms with E-state index in [4.69, 9.17) is 5.73 Å². The third kappa shape index (κ3) is 4.92. The fourth-order valence-electron chi connectivity index (χ4n) is 2.54. The summed E-state index contributed by atoms with van der Waals surface area (Å²) in [5.41, 5.74) is 8.11. The third-order valence-corrected chi connectivity index (χ3v) is 3.88. The zero-order valence-electron chi connectivity index (χ0n) is 13.0. The molecule has 0 aliphatic carbocycles. The van der Waals surface area contributed by atoms with Gasteiger partial charge in [-0.2, -0.15) is 0 Å².